The second kappa shape index (κ2) is 5.64. The standard InChI is InChI=1S/C9H10N2O6/c1-16-8(12)4-5-10-9(13)6-2-3-7(17-6)11(14)15/h2-3H,4-5H2,1H3,(H,10,13). The number of hydrogen-bond acceptors (Lipinski definition) is 6. The topological polar surface area (TPSA) is 112 Å². The number of amides is 1. The molecule has 0 unspecified atom stereocenters. The fourth-order valence-electron chi connectivity index (χ4n) is 1.02. The minimum atomic E-state index is -0.745. The van der Waals surface area contributed by atoms with Crippen molar-refractivity contribution in [3.05, 3.63) is 28.0 Å². The van der Waals surface area contributed by atoms with Crippen molar-refractivity contribution in [1.82, 2.24) is 5.32 Å². The Morgan fingerprint density at radius 1 is 1.53 bits per heavy atom. The summed E-state index contributed by atoms with van der Waals surface area (Å²) in [5.74, 6) is -1.78. The first-order valence-corrected chi connectivity index (χ1v) is 4.64. The quantitative estimate of drug-likeness (QED) is 0.456. The Labute approximate surface area is 95.7 Å². The van der Waals surface area contributed by atoms with Crippen LogP contribution in [0.25, 0.3) is 0 Å². The van der Waals surface area contributed by atoms with E-state index in [4.69, 9.17) is 0 Å². The minimum absolute atomic E-state index is 0.0189. The summed E-state index contributed by atoms with van der Waals surface area (Å²) in [5.41, 5.74) is 0. The van der Waals surface area contributed by atoms with Crippen LogP contribution in [-0.2, 0) is 9.53 Å². The SMILES string of the molecule is COC(=O)CCNC(=O)c1ccc([N+](=O)[O-])o1. The van der Waals surface area contributed by atoms with Crippen molar-refractivity contribution >= 4 is 17.8 Å². The molecule has 0 spiro atoms. The second-order valence-electron chi connectivity index (χ2n) is 2.98. The zero-order chi connectivity index (χ0) is 12.8. The normalized spacial score (nSPS) is 9.71. The first-order chi connectivity index (χ1) is 8.04. The molecule has 1 rings (SSSR count). The van der Waals surface area contributed by atoms with Crippen molar-refractivity contribution in [3.8, 4) is 0 Å². The molecule has 0 bridgehead atoms. The smallest absolute Gasteiger partial charge is 0.433 e. The Balaban J connectivity index is 2.47. The Morgan fingerprint density at radius 2 is 2.24 bits per heavy atom. The molecular formula is C9H10N2O6. The van der Waals surface area contributed by atoms with E-state index >= 15 is 0 Å². The minimum Gasteiger partial charge on any atom is -0.469 e. The Hall–Kier alpha value is -2.38. The van der Waals surface area contributed by atoms with Gasteiger partial charge in [0.1, 0.15) is 4.92 Å². The number of esters is 1. The van der Waals surface area contributed by atoms with Crippen molar-refractivity contribution in [1.29, 1.82) is 0 Å². The maximum Gasteiger partial charge on any atom is 0.433 e. The molecule has 0 atom stereocenters. The summed E-state index contributed by atoms with van der Waals surface area (Å²) in [4.78, 5) is 31.7. The van der Waals surface area contributed by atoms with Crippen LogP contribution >= 0.6 is 0 Å². The Bertz CT molecular complexity index is 438. The van der Waals surface area contributed by atoms with Crippen LogP contribution in [0.1, 0.15) is 17.0 Å². The van der Waals surface area contributed by atoms with E-state index < -0.39 is 22.7 Å². The van der Waals surface area contributed by atoms with Crippen LogP contribution in [0.4, 0.5) is 5.88 Å². The lowest BCUT2D eigenvalue weighted by Crippen LogP contribution is -2.25. The van der Waals surface area contributed by atoms with E-state index in [1.165, 1.54) is 13.2 Å². The van der Waals surface area contributed by atoms with Crippen molar-refractivity contribution in [2.24, 2.45) is 0 Å². The maximum absolute atomic E-state index is 11.4. The highest BCUT2D eigenvalue weighted by atomic mass is 16.6. The average Bonchev–Trinajstić information content (AvgIpc) is 2.78. The highest BCUT2D eigenvalue weighted by Gasteiger charge is 2.16. The number of hydrogen-bond donors (Lipinski definition) is 1. The monoisotopic (exact) mass is 242 g/mol. The van der Waals surface area contributed by atoms with Crippen LogP contribution in [-0.4, -0.2) is 30.5 Å². The van der Waals surface area contributed by atoms with Crippen molar-refractivity contribution < 1.29 is 23.7 Å². The lowest BCUT2D eigenvalue weighted by molar-refractivity contribution is -0.402. The van der Waals surface area contributed by atoms with E-state index in [1.54, 1.807) is 0 Å². The first-order valence-electron chi connectivity index (χ1n) is 4.64. The number of carbonyl (C=O) groups excluding carboxylic acids is 2. The summed E-state index contributed by atoms with van der Waals surface area (Å²) in [6.07, 6.45) is 0.0189. The van der Waals surface area contributed by atoms with Gasteiger partial charge >= 0.3 is 11.9 Å². The zero-order valence-corrected chi connectivity index (χ0v) is 8.97. The third-order valence-electron chi connectivity index (χ3n) is 1.84. The third kappa shape index (κ3) is 3.59. The predicted octanol–water partition coefficient (Wildman–Crippen LogP) is 0.481. The predicted molar refractivity (Wildman–Crippen MR) is 54.3 cm³/mol. The molecular weight excluding hydrogens is 232 g/mol. The number of methoxy groups -OCH3 is 1. The van der Waals surface area contributed by atoms with E-state index in [1.807, 2.05) is 0 Å². The van der Waals surface area contributed by atoms with Gasteiger partial charge in [-0.25, -0.2) is 0 Å². The molecule has 92 valence electrons. The van der Waals surface area contributed by atoms with Gasteiger partial charge in [-0.15, -0.1) is 0 Å². The largest absolute Gasteiger partial charge is 0.469 e. The average molecular weight is 242 g/mol. The molecule has 1 amide bonds. The molecule has 0 aliphatic rings. The molecule has 0 fully saturated rings. The van der Waals surface area contributed by atoms with Gasteiger partial charge in [-0.05, 0) is 6.07 Å². The summed E-state index contributed by atoms with van der Waals surface area (Å²) >= 11 is 0. The summed E-state index contributed by atoms with van der Waals surface area (Å²) in [5, 5.41) is 12.7. The van der Waals surface area contributed by atoms with Crippen LogP contribution in [0.5, 0.6) is 0 Å². The molecule has 0 aliphatic heterocycles. The fourth-order valence-corrected chi connectivity index (χ4v) is 1.02. The second-order valence-corrected chi connectivity index (χ2v) is 2.98. The van der Waals surface area contributed by atoms with Gasteiger partial charge in [0.25, 0.3) is 5.91 Å². The van der Waals surface area contributed by atoms with Gasteiger partial charge in [0.15, 0.2) is 5.76 Å². The van der Waals surface area contributed by atoms with Crippen molar-refractivity contribution in [3.63, 3.8) is 0 Å². The molecule has 1 aromatic heterocycles. The van der Waals surface area contributed by atoms with Gasteiger partial charge in [-0.3, -0.25) is 19.7 Å². The summed E-state index contributed by atoms with van der Waals surface area (Å²) in [6.45, 7) is 0.0694. The number of carbonyl (C=O) groups is 2. The summed E-state index contributed by atoms with van der Waals surface area (Å²) < 4.78 is 9.03. The molecule has 1 N–H and O–H groups in total. The van der Waals surface area contributed by atoms with Crippen LogP contribution in [0.15, 0.2) is 16.5 Å². The first kappa shape index (κ1) is 12.7. The fraction of sp³-hybridized carbons (Fsp3) is 0.333. The zero-order valence-electron chi connectivity index (χ0n) is 8.97. The molecule has 1 heterocycles. The van der Waals surface area contributed by atoms with Gasteiger partial charge in [-0.2, -0.15) is 0 Å². The van der Waals surface area contributed by atoms with E-state index in [0.29, 0.717) is 0 Å². The number of nitro groups is 1. The van der Waals surface area contributed by atoms with Crippen LogP contribution < -0.4 is 5.32 Å². The van der Waals surface area contributed by atoms with Crippen LogP contribution in [0.3, 0.4) is 0 Å². The molecule has 0 saturated carbocycles. The van der Waals surface area contributed by atoms with Gasteiger partial charge in [0.2, 0.25) is 0 Å². The van der Waals surface area contributed by atoms with Gasteiger partial charge in [-0.1, -0.05) is 0 Å². The number of nitrogens with one attached hydrogen (secondary N) is 1. The number of furan rings is 1. The molecule has 0 aliphatic carbocycles. The van der Waals surface area contributed by atoms with Gasteiger partial charge in [0.05, 0.1) is 19.6 Å². The van der Waals surface area contributed by atoms with Crippen LogP contribution in [0, 0.1) is 10.1 Å². The van der Waals surface area contributed by atoms with Gasteiger partial charge < -0.3 is 14.5 Å². The number of nitrogens with zero attached hydrogens (tertiary/aromatic N) is 1. The Kier molecular flexibility index (Phi) is 4.21. The Morgan fingerprint density at radius 3 is 2.76 bits per heavy atom. The highest BCUT2D eigenvalue weighted by molar-refractivity contribution is 5.91. The molecule has 8 heteroatoms. The van der Waals surface area contributed by atoms with E-state index in [2.05, 4.69) is 14.5 Å². The lowest BCUT2D eigenvalue weighted by atomic mass is 10.4. The molecule has 8 nitrogen and oxygen atoms in total. The number of rotatable bonds is 5. The number of ether oxygens (including phenoxy) is 1. The van der Waals surface area contributed by atoms with Crippen LogP contribution in [0.2, 0.25) is 0 Å². The van der Waals surface area contributed by atoms with E-state index in [9.17, 15) is 19.7 Å². The lowest BCUT2D eigenvalue weighted by Gasteiger charge is -2.01. The van der Waals surface area contributed by atoms with Crippen molar-refractivity contribution in [2.75, 3.05) is 13.7 Å². The molecule has 0 radical (unpaired) electrons. The van der Waals surface area contributed by atoms with Crippen molar-refractivity contribution in [2.45, 2.75) is 6.42 Å². The molecule has 1 aromatic rings. The highest BCUT2D eigenvalue weighted by Crippen LogP contribution is 2.15. The van der Waals surface area contributed by atoms with E-state index in [-0.39, 0.29) is 18.7 Å². The molecule has 0 saturated heterocycles. The van der Waals surface area contributed by atoms with E-state index in [0.717, 1.165) is 6.07 Å². The molecule has 17 heavy (non-hydrogen) atoms. The summed E-state index contributed by atoms with van der Waals surface area (Å²) in [6, 6.07) is 2.26. The van der Waals surface area contributed by atoms with Gasteiger partial charge in [0, 0.05) is 6.54 Å². The molecule has 0 aromatic carbocycles. The third-order valence-corrected chi connectivity index (χ3v) is 1.84. The summed E-state index contributed by atoms with van der Waals surface area (Å²) in [7, 11) is 1.24. The maximum atomic E-state index is 11.4.